The molecule has 0 unspecified atom stereocenters. The third-order valence-corrected chi connectivity index (χ3v) is 2.88. The molecule has 0 spiro atoms. The largest absolute Gasteiger partial charge is 0.506 e. The van der Waals surface area contributed by atoms with Crippen molar-refractivity contribution in [3.8, 4) is 5.75 Å². The van der Waals surface area contributed by atoms with Gasteiger partial charge in [0.2, 0.25) is 0 Å². The Kier molecular flexibility index (Phi) is 4.60. The monoisotopic (exact) mass is 288 g/mol. The van der Waals surface area contributed by atoms with Gasteiger partial charge in [0, 0.05) is 0 Å². The zero-order valence-electron chi connectivity index (χ0n) is 10.8. The molecule has 0 aromatic heterocycles. The van der Waals surface area contributed by atoms with Gasteiger partial charge in [-0.15, -0.1) is 0 Å². The van der Waals surface area contributed by atoms with Crippen LogP contribution in [0.3, 0.4) is 0 Å². The van der Waals surface area contributed by atoms with E-state index in [1.54, 1.807) is 31.6 Å². The Bertz CT molecular complexity index is 568. The van der Waals surface area contributed by atoms with Crippen molar-refractivity contribution in [2.45, 2.75) is 26.9 Å². The molecule has 0 bridgehead atoms. The molecule has 106 valence electrons. The normalized spacial score (nSPS) is 11.2. The number of carbonyl (C=O) groups excluding carboxylic acids is 1. The second-order valence-electron chi connectivity index (χ2n) is 4.18. The fourth-order valence-corrected chi connectivity index (χ4v) is 2.03. The first-order valence-electron chi connectivity index (χ1n) is 5.50. The minimum absolute atomic E-state index is 0.0320. The van der Waals surface area contributed by atoms with Crippen molar-refractivity contribution in [2.24, 2.45) is 0 Å². The van der Waals surface area contributed by atoms with E-state index < -0.39 is 22.4 Å². The van der Waals surface area contributed by atoms with Crippen LogP contribution in [0, 0.1) is 6.92 Å². The smallest absolute Gasteiger partial charge is 0.422 e. The number of benzene rings is 1. The van der Waals surface area contributed by atoms with Crippen LogP contribution in [0.5, 0.6) is 5.75 Å². The number of hydrogen-bond acceptors (Lipinski definition) is 5. The number of aryl methyl sites for hydroxylation is 1. The van der Waals surface area contributed by atoms with Gasteiger partial charge in [0.05, 0.1) is 11.8 Å². The Morgan fingerprint density at radius 2 is 2.00 bits per heavy atom. The third kappa shape index (κ3) is 5.04. The number of phenolic OH excluding ortho intramolecular Hbond substituents is 1. The summed E-state index contributed by atoms with van der Waals surface area (Å²) in [6.07, 6.45) is -1.53. The predicted octanol–water partition coefficient (Wildman–Crippen LogP) is 1.49. The summed E-state index contributed by atoms with van der Waals surface area (Å²) in [5.41, 5.74) is 0.739. The number of rotatable bonds is 4. The van der Waals surface area contributed by atoms with Crippen LogP contribution in [0.2, 0.25) is 0 Å². The fraction of sp³-hybridized carbons (Fsp3) is 0.364. The quantitative estimate of drug-likeness (QED) is 0.728. The van der Waals surface area contributed by atoms with Crippen molar-refractivity contribution in [3.63, 3.8) is 0 Å². The lowest BCUT2D eigenvalue weighted by Gasteiger charge is -2.12. The summed E-state index contributed by atoms with van der Waals surface area (Å²) in [6, 6.07) is 4.39. The topological polar surface area (TPSA) is 105 Å². The highest BCUT2D eigenvalue weighted by Crippen LogP contribution is 2.24. The summed E-state index contributed by atoms with van der Waals surface area (Å²) in [5.74, 6) is -0.234. The van der Waals surface area contributed by atoms with E-state index in [-0.39, 0.29) is 11.4 Å². The highest BCUT2D eigenvalue weighted by atomic mass is 32.2. The average molecular weight is 288 g/mol. The molecule has 7 nitrogen and oxygen atoms in total. The molecular weight excluding hydrogens is 272 g/mol. The lowest BCUT2D eigenvalue weighted by atomic mass is 10.2. The first-order valence-corrected chi connectivity index (χ1v) is 6.99. The van der Waals surface area contributed by atoms with E-state index in [4.69, 9.17) is 0 Å². The van der Waals surface area contributed by atoms with Gasteiger partial charge in [0.1, 0.15) is 5.75 Å². The molecule has 1 aromatic carbocycles. The Labute approximate surface area is 111 Å². The first-order chi connectivity index (χ1) is 8.69. The summed E-state index contributed by atoms with van der Waals surface area (Å²) in [6.45, 7) is 4.92. The fourth-order valence-electron chi connectivity index (χ4n) is 1.25. The van der Waals surface area contributed by atoms with Crippen LogP contribution in [0.25, 0.3) is 0 Å². The van der Waals surface area contributed by atoms with Crippen molar-refractivity contribution in [1.29, 1.82) is 0 Å². The van der Waals surface area contributed by atoms with Crippen LogP contribution >= 0.6 is 0 Å². The van der Waals surface area contributed by atoms with Crippen LogP contribution in [0.15, 0.2) is 18.2 Å². The van der Waals surface area contributed by atoms with Crippen LogP contribution in [-0.4, -0.2) is 25.7 Å². The minimum Gasteiger partial charge on any atom is -0.506 e. The van der Waals surface area contributed by atoms with Crippen molar-refractivity contribution in [2.75, 3.05) is 4.72 Å². The SMILES string of the molecule is Cc1ccc(NS(=O)(=O)NC(=O)OC(C)C)c(O)c1. The molecule has 0 radical (unpaired) electrons. The number of amides is 1. The number of ether oxygens (including phenoxy) is 1. The molecule has 19 heavy (non-hydrogen) atoms. The number of phenols is 1. The van der Waals surface area contributed by atoms with E-state index in [0.29, 0.717) is 0 Å². The molecule has 0 aliphatic heterocycles. The van der Waals surface area contributed by atoms with E-state index >= 15 is 0 Å². The van der Waals surface area contributed by atoms with Gasteiger partial charge in [-0.2, -0.15) is 8.42 Å². The molecule has 0 saturated carbocycles. The summed E-state index contributed by atoms with van der Waals surface area (Å²) in [7, 11) is -4.15. The first kappa shape index (κ1) is 15.1. The summed E-state index contributed by atoms with van der Waals surface area (Å²) < 4.78 is 31.5. The van der Waals surface area contributed by atoms with Crippen molar-refractivity contribution in [1.82, 2.24) is 4.72 Å². The van der Waals surface area contributed by atoms with Gasteiger partial charge < -0.3 is 9.84 Å². The van der Waals surface area contributed by atoms with Crippen LogP contribution in [0.4, 0.5) is 10.5 Å². The molecule has 0 heterocycles. The lowest BCUT2D eigenvalue weighted by molar-refractivity contribution is 0.121. The molecule has 3 N–H and O–H groups in total. The van der Waals surface area contributed by atoms with Gasteiger partial charge in [-0.1, -0.05) is 6.07 Å². The predicted molar refractivity (Wildman–Crippen MR) is 70.1 cm³/mol. The van der Waals surface area contributed by atoms with Gasteiger partial charge in [-0.05, 0) is 38.5 Å². The van der Waals surface area contributed by atoms with Gasteiger partial charge in [-0.3, -0.25) is 4.72 Å². The van der Waals surface area contributed by atoms with E-state index in [9.17, 15) is 18.3 Å². The molecule has 1 aromatic rings. The molecule has 8 heteroatoms. The molecular formula is C11H16N2O5S. The second kappa shape index (κ2) is 5.79. The molecule has 0 aliphatic rings. The molecule has 1 amide bonds. The summed E-state index contributed by atoms with van der Waals surface area (Å²) in [4.78, 5) is 11.2. The van der Waals surface area contributed by atoms with Crippen molar-refractivity contribution < 1.29 is 23.1 Å². The van der Waals surface area contributed by atoms with Gasteiger partial charge in [0.25, 0.3) is 0 Å². The molecule has 0 saturated heterocycles. The summed E-state index contributed by atoms with van der Waals surface area (Å²) >= 11 is 0. The third-order valence-electron chi connectivity index (χ3n) is 1.96. The van der Waals surface area contributed by atoms with Crippen molar-refractivity contribution >= 4 is 22.0 Å². The Morgan fingerprint density at radius 3 is 2.53 bits per heavy atom. The standard InChI is InChI=1S/C11H16N2O5S/c1-7(2)18-11(15)13-19(16,17)12-9-5-4-8(3)6-10(9)14/h4-7,12,14H,1-3H3,(H,13,15). The second-order valence-corrected chi connectivity index (χ2v) is 5.60. The molecule has 0 aliphatic carbocycles. The highest BCUT2D eigenvalue weighted by Gasteiger charge is 2.17. The average Bonchev–Trinajstić information content (AvgIpc) is 2.19. The maximum absolute atomic E-state index is 11.6. The van der Waals surface area contributed by atoms with Crippen LogP contribution < -0.4 is 9.44 Å². The van der Waals surface area contributed by atoms with Gasteiger partial charge in [-0.25, -0.2) is 9.52 Å². The molecule has 0 atom stereocenters. The van der Waals surface area contributed by atoms with E-state index in [0.717, 1.165) is 5.56 Å². The van der Waals surface area contributed by atoms with Gasteiger partial charge in [0.15, 0.2) is 0 Å². The number of hydrogen-bond donors (Lipinski definition) is 3. The minimum atomic E-state index is -4.15. The maximum atomic E-state index is 11.6. The number of nitrogens with one attached hydrogen (secondary N) is 2. The zero-order valence-corrected chi connectivity index (χ0v) is 11.6. The lowest BCUT2D eigenvalue weighted by Crippen LogP contribution is -2.36. The van der Waals surface area contributed by atoms with E-state index in [1.807, 2.05) is 4.72 Å². The zero-order chi connectivity index (χ0) is 14.6. The van der Waals surface area contributed by atoms with Crippen molar-refractivity contribution in [3.05, 3.63) is 23.8 Å². The Morgan fingerprint density at radius 1 is 1.37 bits per heavy atom. The van der Waals surface area contributed by atoms with E-state index in [1.165, 1.54) is 12.1 Å². The van der Waals surface area contributed by atoms with Gasteiger partial charge >= 0.3 is 16.3 Å². The molecule has 1 rings (SSSR count). The molecule has 0 fully saturated rings. The Hall–Kier alpha value is -1.96. The summed E-state index contributed by atoms with van der Waals surface area (Å²) in [5, 5.41) is 9.56. The van der Waals surface area contributed by atoms with Crippen LogP contribution in [0.1, 0.15) is 19.4 Å². The number of anilines is 1. The van der Waals surface area contributed by atoms with Crippen LogP contribution in [-0.2, 0) is 14.9 Å². The number of carbonyl (C=O) groups is 1. The van der Waals surface area contributed by atoms with E-state index in [2.05, 4.69) is 4.74 Å². The highest BCUT2D eigenvalue weighted by molar-refractivity contribution is 7.91. The number of aromatic hydroxyl groups is 1. The Balaban J connectivity index is 2.77. The maximum Gasteiger partial charge on any atom is 0.422 e.